The van der Waals surface area contributed by atoms with Crippen LogP contribution in [0, 0.1) is 0 Å². The van der Waals surface area contributed by atoms with Gasteiger partial charge in [0.05, 0.1) is 25.2 Å². The lowest BCUT2D eigenvalue weighted by Gasteiger charge is -2.20. The number of hydrogen-bond acceptors (Lipinski definition) is 6. The topological polar surface area (TPSA) is 73.9 Å². The number of thioether (sulfide) groups is 1. The highest BCUT2D eigenvalue weighted by atomic mass is 32.2. The number of hydrogen-bond donors (Lipinski definition) is 1. The summed E-state index contributed by atoms with van der Waals surface area (Å²) in [5.74, 6) is 1.43. The first kappa shape index (κ1) is 22.7. The van der Waals surface area contributed by atoms with Crippen LogP contribution in [0.3, 0.4) is 0 Å². The molecule has 0 spiro atoms. The van der Waals surface area contributed by atoms with Crippen LogP contribution in [0.4, 0.5) is 0 Å². The molecule has 6 nitrogen and oxygen atoms in total. The van der Waals surface area contributed by atoms with E-state index in [2.05, 4.69) is 11.9 Å². The molecule has 0 heterocycles. The minimum absolute atomic E-state index is 0.0792. The minimum atomic E-state index is -0.303. The Morgan fingerprint density at radius 1 is 1.26 bits per heavy atom. The van der Waals surface area contributed by atoms with Crippen LogP contribution in [0.5, 0.6) is 17.2 Å². The quantitative estimate of drug-likeness (QED) is 0.514. The van der Waals surface area contributed by atoms with Gasteiger partial charge in [-0.25, -0.2) is 0 Å². The Labute approximate surface area is 186 Å². The smallest absolute Gasteiger partial charge is 0.217 e. The van der Waals surface area contributed by atoms with Gasteiger partial charge in [0.25, 0.3) is 0 Å². The average molecular weight is 442 g/mol. The molecule has 1 atom stereocenters. The Morgan fingerprint density at radius 2 is 2.00 bits per heavy atom. The van der Waals surface area contributed by atoms with E-state index in [-0.39, 0.29) is 17.4 Å². The molecule has 3 rings (SSSR count). The first-order valence-electron chi connectivity index (χ1n) is 9.96. The van der Waals surface area contributed by atoms with Gasteiger partial charge in [-0.15, -0.1) is 11.8 Å². The van der Waals surface area contributed by atoms with E-state index in [0.717, 1.165) is 22.3 Å². The van der Waals surface area contributed by atoms with Crippen LogP contribution in [0.2, 0.25) is 0 Å². The van der Waals surface area contributed by atoms with Gasteiger partial charge in [0, 0.05) is 12.5 Å². The summed E-state index contributed by atoms with van der Waals surface area (Å²) < 4.78 is 17.3. The molecule has 0 saturated heterocycles. The van der Waals surface area contributed by atoms with Crippen LogP contribution >= 0.6 is 11.8 Å². The van der Waals surface area contributed by atoms with Gasteiger partial charge in [-0.2, -0.15) is 0 Å². The van der Waals surface area contributed by atoms with Crippen molar-refractivity contribution in [3.63, 3.8) is 0 Å². The van der Waals surface area contributed by atoms with Gasteiger partial charge in [0.2, 0.25) is 11.7 Å². The minimum Gasteiger partial charge on any atom is -0.492 e. The normalized spacial score (nSPS) is 14.5. The van der Waals surface area contributed by atoms with Crippen LogP contribution in [0.25, 0.3) is 11.1 Å². The summed E-state index contributed by atoms with van der Waals surface area (Å²) in [6.45, 7) is 5.52. The van der Waals surface area contributed by atoms with Crippen LogP contribution in [0.15, 0.2) is 46.6 Å². The third-order valence-electron chi connectivity index (χ3n) is 5.23. The van der Waals surface area contributed by atoms with Crippen molar-refractivity contribution in [3.05, 3.63) is 58.3 Å². The second-order valence-electron chi connectivity index (χ2n) is 7.15. The Balaban J connectivity index is 2.37. The van der Waals surface area contributed by atoms with Gasteiger partial charge >= 0.3 is 0 Å². The highest BCUT2D eigenvalue weighted by molar-refractivity contribution is 7.98. The Morgan fingerprint density at radius 3 is 2.61 bits per heavy atom. The molecule has 0 bridgehead atoms. The molecule has 2 aromatic carbocycles. The number of nitrogens with one attached hydrogen (secondary N) is 1. The first-order valence-corrected chi connectivity index (χ1v) is 11.2. The molecule has 0 radical (unpaired) electrons. The van der Waals surface area contributed by atoms with Crippen molar-refractivity contribution < 1.29 is 19.0 Å². The van der Waals surface area contributed by atoms with E-state index in [9.17, 15) is 9.59 Å². The number of methoxy groups -OCH3 is 2. The van der Waals surface area contributed by atoms with Crippen molar-refractivity contribution in [3.8, 4) is 28.4 Å². The lowest BCUT2D eigenvalue weighted by atomic mass is 9.95. The van der Waals surface area contributed by atoms with E-state index >= 15 is 0 Å². The van der Waals surface area contributed by atoms with Gasteiger partial charge in [-0.05, 0) is 54.0 Å². The van der Waals surface area contributed by atoms with Gasteiger partial charge in [0.15, 0.2) is 16.9 Å². The summed E-state index contributed by atoms with van der Waals surface area (Å²) in [6, 6.07) is 7.02. The number of ether oxygens (including phenoxy) is 3. The van der Waals surface area contributed by atoms with E-state index in [1.165, 1.54) is 18.7 Å². The van der Waals surface area contributed by atoms with Crippen molar-refractivity contribution in [1.29, 1.82) is 0 Å². The van der Waals surface area contributed by atoms with Crippen molar-refractivity contribution in [2.75, 3.05) is 27.1 Å². The second-order valence-corrected chi connectivity index (χ2v) is 7.99. The molecule has 0 aromatic heterocycles. The number of fused-ring (bicyclic) bond motifs is 3. The molecule has 31 heavy (non-hydrogen) atoms. The van der Waals surface area contributed by atoms with Crippen molar-refractivity contribution in [2.45, 2.75) is 30.7 Å². The highest BCUT2D eigenvalue weighted by Gasteiger charge is 2.29. The zero-order chi connectivity index (χ0) is 22.5. The summed E-state index contributed by atoms with van der Waals surface area (Å²) in [6.07, 6.45) is 4.83. The molecule has 0 saturated carbocycles. The molecule has 1 aliphatic rings. The van der Waals surface area contributed by atoms with Gasteiger partial charge in [-0.3, -0.25) is 9.59 Å². The van der Waals surface area contributed by atoms with Crippen molar-refractivity contribution >= 4 is 17.7 Å². The summed E-state index contributed by atoms with van der Waals surface area (Å²) in [7, 11) is 3.15. The Kier molecular flexibility index (Phi) is 7.28. The van der Waals surface area contributed by atoms with E-state index in [1.807, 2.05) is 24.5 Å². The fourth-order valence-corrected chi connectivity index (χ4v) is 4.43. The summed E-state index contributed by atoms with van der Waals surface area (Å²) in [4.78, 5) is 25.4. The maximum absolute atomic E-state index is 12.8. The zero-order valence-electron chi connectivity index (χ0n) is 18.2. The molecular formula is C24H27NO5S. The van der Waals surface area contributed by atoms with Gasteiger partial charge < -0.3 is 19.5 Å². The van der Waals surface area contributed by atoms with Crippen LogP contribution < -0.4 is 25.0 Å². The zero-order valence-corrected chi connectivity index (χ0v) is 19.1. The summed E-state index contributed by atoms with van der Waals surface area (Å²) in [5, 5.41) is 3.01. The standard InChI is InChI=1S/C24H27NO5S/c1-6-11-30-20-12-15-7-9-18(25-14(2)26)17-13-19(27)21(31-5)10-8-16(17)22(15)24(29-4)23(20)28-3/h6,8,10,12-13,18H,1,7,9,11H2,2-5H3,(H,25,26)/t18-/m0/s1. The van der Waals surface area contributed by atoms with Crippen molar-refractivity contribution in [1.82, 2.24) is 5.32 Å². The maximum atomic E-state index is 12.8. The van der Waals surface area contributed by atoms with E-state index < -0.39 is 0 Å². The molecule has 1 N–H and O–H groups in total. The van der Waals surface area contributed by atoms with E-state index in [0.29, 0.717) is 41.6 Å². The monoisotopic (exact) mass is 441 g/mol. The second kappa shape index (κ2) is 9.92. The number of aryl methyl sites for hydroxylation is 1. The van der Waals surface area contributed by atoms with Crippen LogP contribution in [0.1, 0.15) is 30.5 Å². The molecule has 1 aliphatic carbocycles. The molecule has 1 amide bonds. The van der Waals surface area contributed by atoms with E-state index in [4.69, 9.17) is 14.2 Å². The first-order chi connectivity index (χ1) is 14.9. The lowest BCUT2D eigenvalue weighted by Crippen LogP contribution is -2.26. The summed E-state index contributed by atoms with van der Waals surface area (Å²) in [5.41, 5.74) is 3.35. The molecule has 0 unspecified atom stereocenters. The van der Waals surface area contributed by atoms with Gasteiger partial charge in [0.1, 0.15) is 6.61 Å². The number of carbonyl (C=O) groups is 1. The predicted octanol–water partition coefficient (Wildman–Crippen LogP) is 4.14. The number of amides is 1. The molecule has 0 fully saturated rings. The third kappa shape index (κ3) is 4.56. The fraction of sp³-hybridized carbons (Fsp3) is 0.333. The largest absolute Gasteiger partial charge is 0.492 e. The van der Waals surface area contributed by atoms with E-state index in [1.54, 1.807) is 26.4 Å². The van der Waals surface area contributed by atoms with Crippen molar-refractivity contribution in [2.24, 2.45) is 0 Å². The fourth-order valence-electron chi connectivity index (χ4n) is 3.97. The summed E-state index contributed by atoms with van der Waals surface area (Å²) >= 11 is 1.39. The average Bonchev–Trinajstić information content (AvgIpc) is 2.99. The number of benzene rings is 1. The Bertz CT molecular complexity index is 1070. The van der Waals surface area contributed by atoms with Crippen LogP contribution in [-0.2, 0) is 11.2 Å². The SMILES string of the molecule is C=CCOc1cc2c(c(OC)c1OC)-c1ccc(SC)c(=O)cc1[C@@H](NC(C)=O)CC2. The molecule has 0 aliphatic heterocycles. The molecule has 7 heteroatoms. The third-order valence-corrected chi connectivity index (χ3v) is 6.01. The lowest BCUT2D eigenvalue weighted by molar-refractivity contribution is -0.119. The maximum Gasteiger partial charge on any atom is 0.217 e. The van der Waals surface area contributed by atoms with Crippen LogP contribution in [-0.4, -0.2) is 33.0 Å². The molecule has 164 valence electrons. The number of carbonyl (C=O) groups excluding carboxylic acids is 1. The molecular weight excluding hydrogens is 414 g/mol. The highest BCUT2D eigenvalue weighted by Crippen LogP contribution is 2.50. The Hall–Kier alpha value is -2.93. The molecule has 2 aromatic rings. The predicted molar refractivity (Wildman–Crippen MR) is 124 cm³/mol. The van der Waals surface area contributed by atoms with Gasteiger partial charge in [-0.1, -0.05) is 18.7 Å². The number of rotatable bonds is 7.